The summed E-state index contributed by atoms with van der Waals surface area (Å²) in [6, 6.07) is 0. The molecular weight excluding hydrogens is 393 g/mol. The number of ether oxygens (including phenoxy) is 1. The minimum atomic E-state index is -4.60. The van der Waals surface area contributed by atoms with Crippen LogP contribution in [0.25, 0.3) is 0 Å². The smallest absolute Gasteiger partial charge is 0.340 e. The third-order valence-electron chi connectivity index (χ3n) is 5.04. The first-order valence-electron chi connectivity index (χ1n) is 11.1. The molecule has 0 aliphatic heterocycles. The Morgan fingerprint density at radius 3 is 1.97 bits per heavy atom. The van der Waals surface area contributed by atoms with E-state index in [0.717, 1.165) is 30.2 Å². The van der Waals surface area contributed by atoms with E-state index in [1.807, 2.05) is 6.92 Å². The van der Waals surface area contributed by atoms with Gasteiger partial charge in [-0.1, -0.05) is 65.2 Å². The molecule has 0 radical (unpaired) electrons. The van der Waals surface area contributed by atoms with Crippen molar-refractivity contribution < 1.29 is 28.7 Å². The van der Waals surface area contributed by atoms with Gasteiger partial charge in [-0.2, -0.15) is 0 Å². The van der Waals surface area contributed by atoms with Crippen molar-refractivity contribution in [3.63, 3.8) is 0 Å². The Morgan fingerprint density at radius 1 is 0.966 bits per heavy atom. The number of amides is 1. The minimum Gasteiger partial charge on any atom is -0.380 e. The third-order valence-corrected chi connectivity index (χ3v) is 6.69. The van der Waals surface area contributed by atoms with E-state index >= 15 is 0 Å². The number of carbonyl (C=O) groups excluding carboxylic acids is 1. The highest BCUT2D eigenvalue weighted by atomic mass is 31.2. The molecule has 0 spiro atoms. The first-order valence-corrected chi connectivity index (χ1v) is 12.7. The molecule has 0 aromatic rings. The average molecular weight is 438 g/mol. The van der Waals surface area contributed by atoms with Crippen LogP contribution in [0, 0.1) is 5.92 Å². The van der Waals surface area contributed by atoms with Gasteiger partial charge in [-0.15, -0.1) is 0 Å². The maximum atomic E-state index is 12.6. The van der Waals surface area contributed by atoms with Crippen molar-refractivity contribution in [2.75, 3.05) is 26.4 Å². The van der Waals surface area contributed by atoms with Crippen LogP contribution in [0.1, 0.15) is 92.4 Å². The van der Waals surface area contributed by atoms with Crippen LogP contribution in [0.15, 0.2) is 0 Å². The SMILES string of the molecule is CCOCCN(OCCCCCCCCCCC(C)C)C(=O)C(C)(C)P(=O)(O)O. The molecule has 0 rings (SSSR count). The molecule has 7 nitrogen and oxygen atoms in total. The standard InChI is InChI=1S/C21H44NO6P/c1-6-27-18-16-22(20(23)21(4,5)29(24,25)26)28-17-14-12-10-8-7-9-11-13-15-19(2)3/h19H,6-18H2,1-5H3,(H2,24,25,26). The summed E-state index contributed by atoms with van der Waals surface area (Å²) in [4.78, 5) is 37.1. The maximum absolute atomic E-state index is 12.6. The first kappa shape index (κ1) is 28.5. The zero-order valence-corrected chi connectivity index (χ0v) is 20.1. The van der Waals surface area contributed by atoms with Gasteiger partial charge in [-0.3, -0.25) is 14.2 Å². The van der Waals surface area contributed by atoms with Gasteiger partial charge in [-0.05, 0) is 33.1 Å². The molecule has 0 unspecified atom stereocenters. The number of hydrogen-bond acceptors (Lipinski definition) is 4. The fourth-order valence-electron chi connectivity index (χ4n) is 2.84. The number of unbranched alkanes of at least 4 members (excludes halogenated alkanes) is 7. The molecule has 2 N–H and O–H groups in total. The Hall–Kier alpha value is -0.460. The zero-order chi connectivity index (χ0) is 22.3. The van der Waals surface area contributed by atoms with Crippen molar-refractivity contribution in [1.82, 2.24) is 5.06 Å². The molecule has 0 fully saturated rings. The lowest BCUT2D eigenvalue weighted by atomic mass is 10.0. The van der Waals surface area contributed by atoms with Gasteiger partial charge in [0.2, 0.25) is 0 Å². The molecule has 0 aliphatic rings. The monoisotopic (exact) mass is 437 g/mol. The minimum absolute atomic E-state index is 0.145. The molecule has 1 amide bonds. The summed E-state index contributed by atoms with van der Waals surface area (Å²) in [5.41, 5.74) is 0. The highest BCUT2D eigenvalue weighted by molar-refractivity contribution is 7.54. The molecule has 0 aliphatic carbocycles. The van der Waals surface area contributed by atoms with Crippen LogP contribution in [0.2, 0.25) is 0 Å². The summed E-state index contributed by atoms with van der Waals surface area (Å²) >= 11 is 0. The van der Waals surface area contributed by atoms with Gasteiger partial charge in [0.05, 0.1) is 19.8 Å². The fourth-order valence-corrected chi connectivity index (χ4v) is 3.20. The molecule has 0 aromatic heterocycles. The van der Waals surface area contributed by atoms with Crippen LogP contribution >= 0.6 is 7.60 Å². The normalized spacial score (nSPS) is 12.6. The van der Waals surface area contributed by atoms with Crippen LogP contribution in [0.4, 0.5) is 0 Å². The second kappa shape index (κ2) is 15.4. The fraction of sp³-hybridized carbons (Fsp3) is 0.952. The van der Waals surface area contributed by atoms with Crippen LogP contribution < -0.4 is 0 Å². The van der Waals surface area contributed by atoms with Gasteiger partial charge in [-0.25, -0.2) is 5.06 Å². The van der Waals surface area contributed by atoms with Gasteiger partial charge in [0, 0.05) is 6.61 Å². The van der Waals surface area contributed by atoms with Crippen molar-refractivity contribution in [3.05, 3.63) is 0 Å². The number of carbonyl (C=O) groups is 1. The topological polar surface area (TPSA) is 96.3 Å². The molecular formula is C21H44NO6P. The van der Waals surface area contributed by atoms with Crippen molar-refractivity contribution in [2.45, 2.75) is 97.6 Å². The molecule has 0 bridgehead atoms. The van der Waals surface area contributed by atoms with E-state index in [4.69, 9.17) is 9.57 Å². The third kappa shape index (κ3) is 12.7. The van der Waals surface area contributed by atoms with Crippen LogP contribution in [0.3, 0.4) is 0 Å². The van der Waals surface area contributed by atoms with E-state index in [-0.39, 0.29) is 13.2 Å². The van der Waals surface area contributed by atoms with E-state index in [1.54, 1.807) is 0 Å². The second-order valence-electron chi connectivity index (χ2n) is 8.55. The Bertz CT molecular complexity index is 478. The van der Waals surface area contributed by atoms with Crippen LogP contribution in [0.5, 0.6) is 0 Å². The Balaban J connectivity index is 4.16. The van der Waals surface area contributed by atoms with Gasteiger partial charge in [0.1, 0.15) is 5.16 Å². The molecule has 0 saturated heterocycles. The summed E-state index contributed by atoms with van der Waals surface area (Å²) in [6.07, 6.45) is 10.7. The molecule has 174 valence electrons. The predicted octanol–water partition coefficient (Wildman–Crippen LogP) is 4.91. The lowest BCUT2D eigenvalue weighted by molar-refractivity contribution is -0.193. The molecule has 8 heteroatoms. The number of hydrogen-bond donors (Lipinski definition) is 2. The largest absolute Gasteiger partial charge is 0.380 e. The second-order valence-corrected chi connectivity index (χ2v) is 10.8. The van der Waals surface area contributed by atoms with Gasteiger partial charge in [0.25, 0.3) is 5.91 Å². The summed E-state index contributed by atoms with van der Waals surface area (Å²) in [5.74, 6) is 0.0779. The number of hydroxylamine groups is 2. The van der Waals surface area contributed by atoms with E-state index in [9.17, 15) is 19.1 Å². The quantitative estimate of drug-likeness (QED) is 0.180. The summed E-state index contributed by atoms with van der Waals surface area (Å²) in [6.45, 7) is 10.1. The Kier molecular flexibility index (Phi) is 15.1. The summed E-state index contributed by atoms with van der Waals surface area (Å²) in [5, 5.41) is -0.766. The zero-order valence-electron chi connectivity index (χ0n) is 19.2. The molecule has 0 atom stereocenters. The van der Waals surface area contributed by atoms with Crippen LogP contribution in [-0.2, 0) is 18.9 Å². The van der Waals surface area contributed by atoms with Crippen molar-refractivity contribution in [3.8, 4) is 0 Å². The lowest BCUT2D eigenvalue weighted by Gasteiger charge is -2.31. The number of nitrogens with zero attached hydrogens (tertiary/aromatic N) is 1. The van der Waals surface area contributed by atoms with E-state index in [0.29, 0.717) is 13.2 Å². The highest BCUT2D eigenvalue weighted by Gasteiger charge is 2.47. The first-order chi connectivity index (χ1) is 13.5. The van der Waals surface area contributed by atoms with E-state index in [1.165, 1.54) is 52.4 Å². The molecule has 0 saturated carbocycles. The van der Waals surface area contributed by atoms with Crippen LogP contribution in [-0.4, -0.2) is 52.3 Å². The van der Waals surface area contributed by atoms with Crippen molar-refractivity contribution in [1.29, 1.82) is 0 Å². The summed E-state index contributed by atoms with van der Waals surface area (Å²) in [7, 11) is -4.60. The Morgan fingerprint density at radius 2 is 1.48 bits per heavy atom. The summed E-state index contributed by atoms with van der Waals surface area (Å²) < 4.78 is 16.9. The van der Waals surface area contributed by atoms with Gasteiger partial charge >= 0.3 is 7.60 Å². The molecule has 0 aromatic carbocycles. The molecule has 29 heavy (non-hydrogen) atoms. The maximum Gasteiger partial charge on any atom is 0.340 e. The average Bonchev–Trinajstić information content (AvgIpc) is 2.62. The number of rotatable bonds is 18. The highest BCUT2D eigenvalue weighted by Crippen LogP contribution is 2.50. The van der Waals surface area contributed by atoms with Crippen molar-refractivity contribution in [2.24, 2.45) is 5.92 Å². The Labute approximate surface area is 177 Å². The van der Waals surface area contributed by atoms with Gasteiger partial charge < -0.3 is 14.5 Å². The van der Waals surface area contributed by atoms with E-state index in [2.05, 4.69) is 13.8 Å². The molecule has 0 heterocycles. The lowest BCUT2D eigenvalue weighted by Crippen LogP contribution is -2.46. The predicted molar refractivity (Wildman–Crippen MR) is 117 cm³/mol. The van der Waals surface area contributed by atoms with Crippen molar-refractivity contribution >= 4 is 13.5 Å². The van der Waals surface area contributed by atoms with E-state index < -0.39 is 18.7 Å². The van der Waals surface area contributed by atoms with Gasteiger partial charge in [0.15, 0.2) is 0 Å².